The van der Waals surface area contributed by atoms with E-state index in [-0.39, 0.29) is 0 Å². The Kier molecular flexibility index (Phi) is 4.23. The summed E-state index contributed by atoms with van der Waals surface area (Å²) >= 11 is 0. The quantitative estimate of drug-likeness (QED) is 0.806. The molecule has 0 amide bonds. The molecule has 1 aliphatic rings. The first kappa shape index (κ1) is 12.9. The van der Waals surface area contributed by atoms with E-state index in [1.54, 1.807) is 7.11 Å². The number of nitrogens with zero attached hydrogens (tertiary/aromatic N) is 2. The molecule has 2 unspecified atom stereocenters. The van der Waals surface area contributed by atoms with E-state index in [1.165, 1.54) is 38.4 Å². The first-order chi connectivity index (χ1) is 8.70. The molecule has 5 heteroatoms. The van der Waals surface area contributed by atoms with E-state index < -0.39 is 0 Å². The summed E-state index contributed by atoms with van der Waals surface area (Å²) in [4.78, 5) is 8.19. The standard InChI is InChI=1S/C13H22N4O/c1-9-4-3-5-10(7-6-9)17-12-11(14)13(18-2)16-8-15-12/h8-10H,3-7,14H2,1-2H3,(H,15,16,17). The minimum absolute atomic E-state index is 0.439. The maximum atomic E-state index is 5.96. The number of anilines is 2. The summed E-state index contributed by atoms with van der Waals surface area (Å²) in [7, 11) is 1.57. The number of nitrogens with two attached hydrogens (primary N) is 1. The number of nitrogens with one attached hydrogen (secondary N) is 1. The Morgan fingerprint density at radius 1 is 1.28 bits per heavy atom. The molecule has 1 aliphatic carbocycles. The summed E-state index contributed by atoms with van der Waals surface area (Å²) in [5.74, 6) is 1.96. The highest BCUT2D eigenvalue weighted by molar-refractivity contribution is 5.66. The highest BCUT2D eigenvalue weighted by Crippen LogP contribution is 2.28. The van der Waals surface area contributed by atoms with Gasteiger partial charge in [-0.05, 0) is 25.2 Å². The molecular formula is C13H22N4O. The summed E-state index contributed by atoms with van der Waals surface area (Å²) in [6.45, 7) is 2.32. The van der Waals surface area contributed by atoms with Crippen molar-refractivity contribution in [2.75, 3.05) is 18.2 Å². The number of hydrogen-bond donors (Lipinski definition) is 2. The van der Waals surface area contributed by atoms with Crippen LogP contribution in [0.1, 0.15) is 39.0 Å². The van der Waals surface area contributed by atoms with Crippen LogP contribution in [0.15, 0.2) is 6.33 Å². The second kappa shape index (κ2) is 5.89. The van der Waals surface area contributed by atoms with E-state index in [4.69, 9.17) is 10.5 Å². The molecule has 1 saturated carbocycles. The van der Waals surface area contributed by atoms with Crippen molar-refractivity contribution in [1.82, 2.24) is 9.97 Å². The van der Waals surface area contributed by atoms with Crippen LogP contribution in [0, 0.1) is 5.92 Å². The van der Waals surface area contributed by atoms with Crippen molar-refractivity contribution in [3.8, 4) is 5.88 Å². The topological polar surface area (TPSA) is 73.1 Å². The molecule has 0 radical (unpaired) electrons. The summed E-state index contributed by atoms with van der Waals surface area (Å²) in [6, 6.07) is 0.455. The molecule has 0 aromatic carbocycles. The molecule has 100 valence electrons. The van der Waals surface area contributed by atoms with Gasteiger partial charge in [-0.2, -0.15) is 4.98 Å². The van der Waals surface area contributed by atoms with Crippen molar-refractivity contribution < 1.29 is 4.74 Å². The van der Waals surface area contributed by atoms with Gasteiger partial charge in [-0.1, -0.05) is 19.8 Å². The van der Waals surface area contributed by atoms with Crippen molar-refractivity contribution in [3.05, 3.63) is 6.33 Å². The lowest BCUT2D eigenvalue weighted by Gasteiger charge is -2.18. The fourth-order valence-corrected chi connectivity index (χ4v) is 2.48. The highest BCUT2D eigenvalue weighted by atomic mass is 16.5. The summed E-state index contributed by atoms with van der Waals surface area (Å²) in [5, 5.41) is 3.43. The zero-order valence-electron chi connectivity index (χ0n) is 11.1. The van der Waals surface area contributed by atoms with Gasteiger partial charge < -0.3 is 15.8 Å². The third-order valence-electron chi connectivity index (χ3n) is 3.64. The largest absolute Gasteiger partial charge is 0.479 e. The van der Waals surface area contributed by atoms with Gasteiger partial charge in [0.25, 0.3) is 0 Å². The van der Waals surface area contributed by atoms with E-state index >= 15 is 0 Å². The van der Waals surface area contributed by atoms with Crippen LogP contribution in [0.5, 0.6) is 5.88 Å². The second-order valence-corrected chi connectivity index (χ2v) is 5.10. The van der Waals surface area contributed by atoms with Crippen molar-refractivity contribution in [1.29, 1.82) is 0 Å². The monoisotopic (exact) mass is 250 g/mol. The van der Waals surface area contributed by atoms with Gasteiger partial charge in [-0.15, -0.1) is 0 Å². The number of ether oxygens (including phenoxy) is 1. The van der Waals surface area contributed by atoms with E-state index in [2.05, 4.69) is 22.2 Å². The smallest absolute Gasteiger partial charge is 0.242 e. The Bertz CT molecular complexity index is 397. The molecular weight excluding hydrogens is 228 g/mol. The van der Waals surface area contributed by atoms with Crippen molar-refractivity contribution in [2.24, 2.45) is 5.92 Å². The minimum Gasteiger partial charge on any atom is -0.479 e. The first-order valence-corrected chi connectivity index (χ1v) is 6.61. The normalized spacial score (nSPS) is 24.3. The zero-order valence-corrected chi connectivity index (χ0v) is 11.1. The molecule has 0 spiro atoms. The molecule has 0 saturated heterocycles. The van der Waals surface area contributed by atoms with Crippen LogP contribution >= 0.6 is 0 Å². The average molecular weight is 250 g/mol. The number of aromatic nitrogens is 2. The van der Waals surface area contributed by atoms with Gasteiger partial charge in [-0.25, -0.2) is 4.98 Å². The van der Waals surface area contributed by atoms with Crippen LogP contribution in [-0.2, 0) is 0 Å². The Morgan fingerprint density at radius 2 is 2.11 bits per heavy atom. The fourth-order valence-electron chi connectivity index (χ4n) is 2.48. The summed E-state index contributed by atoms with van der Waals surface area (Å²) in [6.07, 6.45) is 7.68. The number of rotatable bonds is 3. The second-order valence-electron chi connectivity index (χ2n) is 5.10. The van der Waals surface area contributed by atoms with Gasteiger partial charge in [0.2, 0.25) is 5.88 Å². The van der Waals surface area contributed by atoms with Gasteiger partial charge in [0.1, 0.15) is 12.0 Å². The lowest BCUT2D eigenvalue weighted by molar-refractivity contribution is 0.399. The molecule has 1 fully saturated rings. The number of nitrogen functional groups attached to an aromatic ring is 1. The van der Waals surface area contributed by atoms with Gasteiger partial charge in [0.05, 0.1) is 7.11 Å². The van der Waals surface area contributed by atoms with Gasteiger partial charge in [0, 0.05) is 6.04 Å². The van der Waals surface area contributed by atoms with Crippen LogP contribution in [0.4, 0.5) is 11.5 Å². The van der Waals surface area contributed by atoms with Crippen LogP contribution in [0.3, 0.4) is 0 Å². The van der Waals surface area contributed by atoms with E-state index in [0.717, 1.165) is 5.92 Å². The van der Waals surface area contributed by atoms with Crippen LogP contribution in [0.25, 0.3) is 0 Å². The van der Waals surface area contributed by atoms with Gasteiger partial charge in [0.15, 0.2) is 5.82 Å². The molecule has 2 rings (SSSR count). The maximum absolute atomic E-state index is 5.96. The lowest BCUT2D eigenvalue weighted by Crippen LogP contribution is -2.20. The Labute approximate surface area is 108 Å². The average Bonchev–Trinajstić information content (AvgIpc) is 2.57. The Balaban J connectivity index is 2.04. The molecule has 5 nitrogen and oxygen atoms in total. The third-order valence-corrected chi connectivity index (χ3v) is 3.64. The van der Waals surface area contributed by atoms with E-state index in [1.807, 2.05) is 0 Å². The molecule has 0 bridgehead atoms. The predicted molar refractivity (Wildman–Crippen MR) is 72.7 cm³/mol. The Morgan fingerprint density at radius 3 is 2.89 bits per heavy atom. The molecule has 1 heterocycles. The molecule has 1 aromatic rings. The Hall–Kier alpha value is -1.52. The van der Waals surface area contributed by atoms with Crippen molar-refractivity contribution in [3.63, 3.8) is 0 Å². The molecule has 3 N–H and O–H groups in total. The lowest BCUT2D eigenvalue weighted by atomic mass is 10.0. The fraction of sp³-hybridized carbons (Fsp3) is 0.692. The van der Waals surface area contributed by atoms with Crippen LogP contribution < -0.4 is 15.8 Å². The first-order valence-electron chi connectivity index (χ1n) is 6.61. The predicted octanol–water partition coefficient (Wildman–Crippen LogP) is 2.45. The zero-order chi connectivity index (χ0) is 13.0. The number of hydrogen-bond acceptors (Lipinski definition) is 5. The maximum Gasteiger partial charge on any atom is 0.242 e. The molecule has 2 atom stereocenters. The molecule has 0 aliphatic heterocycles. The number of methoxy groups -OCH3 is 1. The van der Waals surface area contributed by atoms with Crippen LogP contribution in [0.2, 0.25) is 0 Å². The van der Waals surface area contributed by atoms with E-state index in [9.17, 15) is 0 Å². The van der Waals surface area contributed by atoms with Crippen LogP contribution in [-0.4, -0.2) is 23.1 Å². The van der Waals surface area contributed by atoms with Gasteiger partial charge in [-0.3, -0.25) is 0 Å². The van der Waals surface area contributed by atoms with Gasteiger partial charge >= 0.3 is 0 Å². The highest BCUT2D eigenvalue weighted by Gasteiger charge is 2.18. The molecule has 1 aromatic heterocycles. The molecule has 18 heavy (non-hydrogen) atoms. The summed E-state index contributed by atoms with van der Waals surface area (Å²) in [5.41, 5.74) is 6.46. The van der Waals surface area contributed by atoms with E-state index in [0.29, 0.717) is 23.4 Å². The summed E-state index contributed by atoms with van der Waals surface area (Å²) < 4.78 is 5.10. The minimum atomic E-state index is 0.439. The van der Waals surface area contributed by atoms with Crippen molar-refractivity contribution in [2.45, 2.75) is 45.1 Å². The third kappa shape index (κ3) is 3.03. The van der Waals surface area contributed by atoms with Crippen molar-refractivity contribution >= 4 is 11.5 Å². The SMILES string of the molecule is COc1ncnc(NC2CCCC(C)CC2)c1N.